The molecule has 0 spiro atoms. The van der Waals surface area contributed by atoms with Gasteiger partial charge in [-0.15, -0.1) is 0 Å². The van der Waals surface area contributed by atoms with Gasteiger partial charge in [0.1, 0.15) is 5.82 Å². The number of halogens is 1. The van der Waals surface area contributed by atoms with E-state index in [-0.39, 0.29) is 17.1 Å². The first-order valence-corrected chi connectivity index (χ1v) is 8.29. The van der Waals surface area contributed by atoms with Crippen LogP contribution in [0.15, 0.2) is 24.3 Å². The molecule has 0 aromatic heterocycles. The lowest BCUT2D eigenvalue weighted by atomic mass is 9.94. The summed E-state index contributed by atoms with van der Waals surface area (Å²) in [6.07, 6.45) is 3.81. The highest BCUT2D eigenvalue weighted by atomic mass is 19.1. The predicted octanol–water partition coefficient (Wildman–Crippen LogP) is 3.13. The summed E-state index contributed by atoms with van der Waals surface area (Å²) in [6, 6.07) is 6.43. The van der Waals surface area contributed by atoms with Gasteiger partial charge >= 0.3 is 0 Å². The number of hydrogen-bond donors (Lipinski definition) is 0. The average Bonchev–Trinajstić information content (AvgIpc) is 3.20. The summed E-state index contributed by atoms with van der Waals surface area (Å²) in [4.78, 5) is 14.9. The quantitative estimate of drug-likeness (QED) is 0.756. The van der Waals surface area contributed by atoms with Crippen molar-refractivity contribution in [3.05, 3.63) is 35.6 Å². The highest BCUT2D eigenvalue weighted by Crippen LogP contribution is 2.50. The zero-order valence-corrected chi connectivity index (χ0v) is 13.2. The molecule has 120 valence electrons. The van der Waals surface area contributed by atoms with E-state index in [9.17, 15) is 9.18 Å². The first-order chi connectivity index (χ1) is 10.7. The fraction of sp³-hybridized carbons (Fsp3) is 0.611. The van der Waals surface area contributed by atoms with Crippen molar-refractivity contribution >= 4 is 5.91 Å². The van der Waals surface area contributed by atoms with Gasteiger partial charge in [-0.2, -0.15) is 0 Å². The molecule has 0 bridgehead atoms. The van der Waals surface area contributed by atoms with Crippen LogP contribution in [0.2, 0.25) is 0 Å². The minimum Gasteiger partial charge on any atom is -0.381 e. The molecule has 1 heterocycles. The van der Waals surface area contributed by atoms with Crippen LogP contribution in [0.25, 0.3) is 0 Å². The van der Waals surface area contributed by atoms with E-state index in [2.05, 4.69) is 6.92 Å². The molecular weight excluding hydrogens is 281 g/mol. The Hall–Kier alpha value is -1.42. The van der Waals surface area contributed by atoms with E-state index in [4.69, 9.17) is 4.74 Å². The molecule has 1 amide bonds. The molecule has 2 aliphatic rings. The second kappa shape index (κ2) is 6.37. The summed E-state index contributed by atoms with van der Waals surface area (Å²) < 4.78 is 18.7. The van der Waals surface area contributed by atoms with Crippen LogP contribution in [-0.2, 0) is 14.9 Å². The molecule has 0 radical (unpaired) electrons. The van der Waals surface area contributed by atoms with Crippen LogP contribution in [-0.4, -0.2) is 37.1 Å². The largest absolute Gasteiger partial charge is 0.381 e. The van der Waals surface area contributed by atoms with Crippen molar-refractivity contribution < 1.29 is 13.9 Å². The Labute approximate surface area is 131 Å². The fourth-order valence-corrected chi connectivity index (χ4v) is 3.37. The van der Waals surface area contributed by atoms with Gasteiger partial charge in [-0.05, 0) is 43.4 Å². The number of hydrogen-bond acceptors (Lipinski definition) is 2. The van der Waals surface area contributed by atoms with E-state index in [1.165, 1.54) is 12.1 Å². The number of ether oxygens (including phenoxy) is 1. The number of carbonyl (C=O) groups is 1. The van der Waals surface area contributed by atoms with Crippen molar-refractivity contribution in [1.82, 2.24) is 4.90 Å². The van der Waals surface area contributed by atoms with Gasteiger partial charge < -0.3 is 9.64 Å². The summed E-state index contributed by atoms with van der Waals surface area (Å²) in [5.74, 6) is 0.429. The summed E-state index contributed by atoms with van der Waals surface area (Å²) in [5.41, 5.74) is 0.580. The normalized spacial score (nSPS) is 22.8. The molecule has 0 N–H and O–H groups in total. The predicted molar refractivity (Wildman–Crippen MR) is 83.1 cm³/mol. The van der Waals surface area contributed by atoms with Crippen LogP contribution in [0, 0.1) is 11.7 Å². The first-order valence-electron chi connectivity index (χ1n) is 8.29. The van der Waals surface area contributed by atoms with Crippen molar-refractivity contribution in [2.45, 2.75) is 38.0 Å². The van der Waals surface area contributed by atoms with Gasteiger partial charge in [0.15, 0.2) is 0 Å². The topological polar surface area (TPSA) is 29.5 Å². The van der Waals surface area contributed by atoms with E-state index < -0.39 is 0 Å². The summed E-state index contributed by atoms with van der Waals surface area (Å²) in [6.45, 7) is 5.27. The van der Waals surface area contributed by atoms with Gasteiger partial charge in [0.25, 0.3) is 0 Å². The van der Waals surface area contributed by atoms with Crippen LogP contribution >= 0.6 is 0 Å². The average molecular weight is 305 g/mol. The molecule has 4 heteroatoms. The second-order valence-electron chi connectivity index (χ2n) is 6.57. The Morgan fingerprint density at radius 3 is 2.73 bits per heavy atom. The van der Waals surface area contributed by atoms with E-state index in [0.717, 1.165) is 57.6 Å². The van der Waals surface area contributed by atoms with Crippen LogP contribution in [0.4, 0.5) is 4.39 Å². The number of nitrogens with zero attached hydrogens (tertiary/aromatic N) is 1. The Morgan fingerprint density at radius 2 is 2.09 bits per heavy atom. The maximum Gasteiger partial charge on any atom is 0.233 e. The number of carbonyl (C=O) groups excluding carboxylic acids is 1. The van der Waals surface area contributed by atoms with Gasteiger partial charge in [0.05, 0.1) is 12.0 Å². The lowest BCUT2D eigenvalue weighted by Gasteiger charge is -2.23. The molecule has 22 heavy (non-hydrogen) atoms. The Balaban J connectivity index is 1.61. The minimum atomic E-state index is -0.382. The van der Waals surface area contributed by atoms with Crippen LogP contribution in [0.3, 0.4) is 0 Å². The van der Waals surface area contributed by atoms with Gasteiger partial charge in [0, 0.05) is 25.6 Å². The van der Waals surface area contributed by atoms with Crippen molar-refractivity contribution in [2.24, 2.45) is 5.92 Å². The summed E-state index contributed by atoms with van der Waals surface area (Å²) in [5, 5.41) is 0. The minimum absolute atomic E-state index is 0.220. The van der Waals surface area contributed by atoms with Crippen LogP contribution < -0.4 is 0 Å². The van der Waals surface area contributed by atoms with E-state index in [0.29, 0.717) is 5.92 Å². The van der Waals surface area contributed by atoms with Crippen molar-refractivity contribution in [2.75, 3.05) is 26.3 Å². The smallest absolute Gasteiger partial charge is 0.233 e. The molecule has 1 aliphatic carbocycles. The monoisotopic (exact) mass is 305 g/mol. The maximum absolute atomic E-state index is 13.1. The van der Waals surface area contributed by atoms with E-state index >= 15 is 0 Å². The summed E-state index contributed by atoms with van der Waals surface area (Å²) >= 11 is 0. The van der Waals surface area contributed by atoms with E-state index in [1.54, 1.807) is 12.1 Å². The molecule has 1 aromatic rings. The Morgan fingerprint density at radius 1 is 1.36 bits per heavy atom. The SMILES string of the molecule is CCCOC[C@H]1CCN(C(=O)C2(c3ccc(F)cc3)CC2)C1. The Kier molecular flexibility index (Phi) is 4.48. The van der Waals surface area contributed by atoms with Gasteiger partial charge in [-0.25, -0.2) is 4.39 Å². The fourth-order valence-electron chi connectivity index (χ4n) is 3.37. The zero-order chi connectivity index (χ0) is 15.6. The third-order valence-corrected chi connectivity index (χ3v) is 4.83. The number of benzene rings is 1. The lowest BCUT2D eigenvalue weighted by molar-refractivity contribution is -0.133. The van der Waals surface area contributed by atoms with Crippen LogP contribution in [0.1, 0.15) is 38.2 Å². The molecule has 1 aromatic carbocycles. The molecule has 2 fully saturated rings. The molecule has 1 aliphatic heterocycles. The summed E-state index contributed by atoms with van der Waals surface area (Å²) in [7, 11) is 0. The molecule has 1 saturated carbocycles. The maximum atomic E-state index is 13.1. The standard InChI is InChI=1S/C18H24FNO2/c1-2-11-22-13-14-7-10-20(12-14)17(21)18(8-9-18)15-3-5-16(19)6-4-15/h3-6,14H,2,7-13H2,1H3/t14-/m0/s1. The van der Waals surface area contributed by atoms with Crippen molar-refractivity contribution in [1.29, 1.82) is 0 Å². The molecule has 1 saturated heterocycles. The van der Waals surface area contributed by atoms with Gasteiger partial charge in [0.2, 0.25) is 5.91 Å². The molecule has 3 rings (SSSR count). The highest BCUT2D eigenvalue weighted by Gasteiger charge is 2.53. The Bertz CT molecular complexity index is 524. The molecule has 0 unspecified atom stereocenters. The van der Waals surface area contributed by atoms with Crippen LogP contribution in [0.5, 0.6) is 0 Å². The van der Waals surface area contributed by atoms with Crippen molar-refractivity contribution in [3.8, 4) is 0 Å². The third-order valence-electron chi connectivity index (χ3n) is 4.83. The number of likely N-dealkylation sites (tertiary alicyclic amines) is 1. The molecular formula is C18H24FNO2. The second-order valence-corrected chi connectivity index (χ2v) is 6.57. The highest BCUT2D eigenvalue weighted by molar-refractivity contribution is 5.91. The first kappa shape index (κ1) is 15.5. The van der Waals surface area contributed by atoms with Gasteiger partial charge in [-0.1, -0.05) is 19.1 Å². The molecule has 3 nitrogen and oxygen atoms in total. The number of amides is 1. The third kappa shape index (κ3) is 3.02. The van der Waals surface area contributed by atoms with Gasteiger partial charge in [-0.3, -0.25) is 4.79 Å². The number of rotatable bonds is 6. The lowest BCUT2D eigenvalue weighted by Crippen LogP contribution is -2.38. The van der Waals surface area contributed by atoms with Crippen molar-refractivity contribution in [3.63, 3.8) is 0 Å². The van der Waals surface area contributed by atoms with E-state index in [1.807, 2.05) is 4.90 Å². The zero-order valence-electron chi connectivity index (χ0n) is 13.2. The molecule has 1 atom stereocenters.